The molecule has 2 N–H and O–H groups in total. The van der Waals surface area contributed by atoms with Crippen molar-refractivity contribution in [2.45, 2.75) is 37.0 Å². The maximum Gasteiger partial charge on any atom is 0.184 e. The molecule has 0 saturated carbocycles. The third kappa shape index (κ3) is 3.53. The fourth-order valence-corrected chi connectivity index (χ4v) is 3.33. The molecule has 6 nitrogen and oxygen atoms in total. The van der Waals surface area contributed by atoms with Crippen molar-refractivity contribution in [1.82, 2.24) is 0 Å². The molecule has 2 aromatic rings. The van der Waals surface area contributed by atoms with Crippen molar-refractivity contribution in [3.05, 3.63) is 71.8 Å². The van der Waals surface area contributed by atoms with Crippen LogP contribution in [0.1, 0.15) is 23.7 Å². The van der Waals surface area contributed by atoms with Gasteiger partial charge in [0.05, 0.1) is 13.2 Å². The maximum atomic E-state index is 10.3. The number of aliphatic hydroxyl groups excluding tert-OH is 2. The highest BCUT2D eigenvalue weighted by molar-refractivity contribution is 5.18. The van der Waals surface area contributed by atoms with Gasteiger partial charge in [-0.1, -0.05) is 60.7 Å². The number of benzene rings is 2. The zero-order valence-electron chi connectivity index (χ0n) is 14.2. The van der Waals surface area contributed by atoms with E-state index in [1.54, 1.807) is 0 Å². The van der Waals surface area contributed by atoms with Crippen molar-refractivity contribution >= 4 is 0 Å². The van der Waals surface area contributed by atoms with Gasteiger partial charge >= 0.3 is 0 Å². The highest BCUT2D eigenvalue weighted by atomic mass is 16.8. The Balaban J connectivity index is 1.56. The van der Waals surface area contributed by atoms with Crippen molar-refractivity contribution in [3.63, 3.8) is 0 Å². The lowest BCUT2D eigenvalue weighted by Crippen LogP contribution is -2.45. The SMILES string of the molecule is OC[C@H](O)[C@@H]1OC(c2ccccc2)OC[C@H]2OC(c3ccccc3)O[C@H]12. The molecule has 2 aromatic carbocycles. The monoisotopic (exact) mass is 358 g/mol. The van der Waals surface area contributed by atoms with Crippen molar-refractivity contribution in [2.24, 2.45) is 0 Å². The van der Waals surface area contributed by atoms with Crippen LogP contribution in [0.4, 0.5) is 0 Å². The van der Waals surface area contributed by atoms with Crippen LogP contribution in [0.25, 0.3) is 0 Å². The van der Waals surface area contributed by atoms with Crippen LogP contribution in [0, 0.1) is 0 Å². The molecule has 0 aliphatic carbocycles. The third-order valence-corrected chi connectivity index (χ3v) is 4.67. The lowest BCUT2D eigenvalue weighted by molar-refractivity contribution is -0.216. The molecule has 0 spiro atoms. The topological polar surface area (TPSA) is 77.4 Å². The van der Waals surface area contributed by atoms with E-state index in [9.17, 15) is 10.2 Å². The van der Waals surface area contributed by atoms with Gasteiger partial charge in [-0.05, 0) is 0 Å². The molecule has 0 amide bonds. The Labute approximate surface area is 151 Å². The molecular weight excluding hydrogens is 336 g/mol. The molecular formula is C20H22O6. The Kier molecular flexibility index (Phi) is 5.31. The summed E-state index contributed by atoms with van der Waals surface area (Å²) < 4.78 is 24.0. The minimum Gasteiger partial charge on any atom is -0.394 e. The van der Waals surface area contributed by atoms with E-state index in [4.69, 9.17) is 18.9 Å². The summed E-state index contributed by atoms with van der Waals surface area (Å²) in [6.07, 6.45) is -4.04. The van der Waals surface area contributed by atoms with Gasteiger partial charge < -0.3 is 29.2 Å². The molecule has 2 aliphatic rings. The summed E-state index contributed by atoms with van der Waals surface area (Å²) in [5.41, 5.74) is 1.72. The lowest BCUT2D eigenvalue weighted by atomic mass is 10.0. The second-order valence-corrected chi connectivity index (χ2v) is 6.44. The van der Waals surface area contributed by atoms with E-state index in [1.165, 1.54) is 0 Å². The van der Waals surface area contributed by atoms with E-state index < -0.39 is 43.6 Å². The zero-order chi connectivity index (χ0) is 17.9. The van der Waals surface area contributed by atoms with Crippen LogP contribution in [0.5, 0.6) is 0 Å². The summed E-state index contributed by atoms with van der Waals surface area (Å²) in [5, 5.41) is 19.8. The molecule has 2 heterocycles. The molecule has 4 rings (SSSR count). The first-order valence-electron chi connectivity index (χ1n) is 8.73. The molecule has 2 fully saturated rings. The van der Waals surface area contributed by atoms with Crippen LogP contribution in [0.15, 0.2) is 60.7 Å². The molecule has 0 aromatic heterocycles. The summed E-state index contributed by atoms with van der Waals surface area (Å²) in [6, 6.07) is 19.1. The van der Waals surface area contributed by atoms with Crippen LogP contribution >= 0.6 is 0 Å². The van der Waals surface area contributed by atoms with Gasteiger partial charge in [-0.3, -0.25) is 0 Å². The highest BCUT2D eigenvalue weighted by Gasteiger charge is 2.48. The Bertz CT molecular complexity index is 694. The van der Waals surface area contributed by atoms with Gasteiger partial charge in [-0.2, -0.15) is 0 Å². The van der Waals surface area contributed by atoms with E-state index in [1.807, 2.05) is 60.7 Å². The van der Waals surface area contributed by atoms with Crippen LogP contribution in [-0.2, 0) is 18.9 Å². The number of hydrogen-bond acceptors (Lipinski definition) is 6. The molecule has 0 radical (unpaired) electrons. The Morgan fingerprint density at radius 2 is 1.46 bits per heavy atom. The van der Waals surface area contributed by atoms with E-state index in [0.717, 1.165) is 11.1 Å². The number of fused-ring (bicyclic) bond motifs is 1. The van der Waals surface area contributed by atoms with Crippen molar-refractivity contribution in [1.29, 1.82) is 0 Å². The largest absolute Gasteiger partial charge is 0.394 e. The first-order chi connectivity index (χ1) is 12.8. The fraction of sp³-hybridized carbons (Fsp3) is 0.400. The summed E-state index contributed by atoms with van der Waals surface area (Å²) in [5.74, 6) is 0. The molecule has 2 aliphatic heterocycles. The smallest absolute Gasteiger partial charge is 0.184 e. The molecule has 6 heteroatoms. The highest BCUT2D eigenvalue weighted by Crippen LogP contribution is 2.38. The second-order valence-electron chi connectivity index (χ2n) is 6.44. The van der Waals surface area contributed by atoms with Crippen LogP contribution in [0.2, 0.25) is 0 Å². The average molecular weight is 358 g/mol. The predicted molar refractivity (Wildman–Crippen MR) is 92.0 cm³/mol. The first-order valence-corrected chi connectivity index (χ1v) is 8.73. The molecule has 6 atom stereocenters. The summed E-state index contributed by atoms with van der Waals surface area (Å²) in [6.45, 7) is -0.170. The molecule has 0 bridgehead atoms. The van der Waals surface area contributed by atoms with Crippen molar-refractivity contribution in [2.75, 3.05) is 13.2 Å². The third-order valence-electron chi connectivity index (χ3n) is 4.67. The Morgan fingerprint density at radius 3 is 2.08 bits per heavy atom. The van der Waals surface area contributed by atoms with Crippen LogP contribution in [-0.4, -0.2) is 47.8 Å². The van der Waals surface area contributed by atoms with Gasteiger partial charge in [0, 0.05) is 11.1 Å². The van der Waals surface area contributed by atoms with Gasteiger partial charge in [0.15, 0.2) is 12.6 Å². The van der Waals surface area contributed by atoms with Crippen molar-refractivity contribution < 1.29 is 29.2 Å². The second kappa shape index (κ2) is 7.84. The zero-order valence-corrected chi connectivity index (χ0v) is 14.2. The predicted octanol–water partition coefficient (Wildman–Crippen LogP) is 1.94. The maximum absolute atomic E-state index is 10.3. The van der Waals surface area contributed by atoms with Crippen molar-refractivity contribution in [3.8, 4) is 0 Å². The van der Waals surface area contributed by atoms with Gasteiger partial charge in [0.1, 0.15) is 24.4 Å². The first kappa shape index (κ1) is 17.6. The minimum atomic E-state index is -1.10. The standard InChI is InChI=1S/C20H22O6/c21-11-15(22)17-18-16(24-20(26-18)14-9-5-2-6-10-14)12-23-19(25-17)13-7-3-1-4-8-13/h1-10,15-22H,11-12H2/t15-,16+,17-,18-,19?,20?/m0/s1. The molecule has 2 unspecified atom stereocenters. The van der Waals surface area contributed by atoms with E-state index in [2.05, 4.69) is 0 Å². The number of rotatable bonds is 4. The van der Waals surface area contributed by atoms with Gasteiger partial charge in [0.2, 0.25) is 0 Å². The number of hydrogen-bond donors (Lipinski definition) is 2. The quantitative estimate of drug-likeness (QED) is 0.870. The number of ether oxygens (including phenoxy) is 4. The molecule has 26 heavy (non-hydrogen) atoms. The lowest BCUT2D eigenvalue weighted by Gasteiger charge is -2.28. The van der Waals surface area contributed by atoms with Gasteiger partial charge in [0.25, 0.3) is 0 Å². The Morgan fingerprint density at radius 1 is 0.846 bits per heavy atom. The van der Waals surface area contributed by atoms with Gasteiger partial charge in [-0.25, -0.2) is 0 Å². The molecule has 138 valence electrons. The molecule has 2 saturated heterocycles. The summed E-state index contributed by atoms with van der Waals surface area (Å²) in [4.78, 5) is 0. The fourth-order valence-electron chi connectivity index (χ4n) is 3.33. The van der Waals surface area contributed by atoms with Crippen LogP contribution in [0.3, 0.4) is 0 Å². The summed E-state index contributed by atoms with van der Waals surface area (Å²) in [7, 11) is 0. The summed E-state index contributed by atoms with van der Waals surface area (Å²) >= 11 is 0. The minimum absolute atomic E-state index is 0.266. The average Bonchev–Trinajstić information content (AvgIpc) is 3.05. The van der Waals surface area contributed by atoms with E-state index >= 15 is 0 Å². The number of aliphatic hydroxyl groups is 2. The Hall–Kier alpha value is -1.80. The van der Waals surface area contributed by atoms with E-state index in [0.29, 0.717) is 0 Å². The normalized spacial score (nSPS) is 32.6. The van der Waals surface area contributed by atoms with Crippen LogP contribution < -0.4 is 0 Å². The van der Waals surface area contributed by atoms with E-state index in [-0.39, 0.29) is 6.61 Å². The van der Waals surface area contributed by atoms with Gasteiger partial charge in [-0.15, -0.1) is 0 Å².